The number of fused-ring (bicyclic) bond motifs is 2. The first kappa shape index (κ1) is 15.9. The molecule has 4 aromatic rings. The molecule has 0 saturated carbocycles. The Hall–Kier alpha value is -3.61. The average Bonchev–Trinajstić information content (AvgIpc) is 2.68. The Kier molecular flexibility index (Phi) is 4.10. The van der Waals surface area contributed by atoms with Gasteiger partial charge in [-0.05, 0) is 36.4 Å². The number of aromatic nitrogens is 4. The number of rotatable bonds is 4. The van der Waals surface area contributed by atoms with Gasteiger partial charge in [0.25, 0.3) is 5.56 Å². The van der Waals surface area contributed by atoms with Crippen LogP contribution in [0.1, 0.15) is 6.42 Å². The van der Waals surface area contributed by atoms with E-state index in [4.69, 9.17) is 0 Å². The highest BCUT2D eigenvalue weighted by atomic mass is 16.2. The van der Waals surface area contributed by atoms with Crippen LogP contribution in [-0.4, -0.2) is 25.9 Å². The molecule has 0 saturated heterocycles. The van der Waals surface area contributed by atoms with Crippen LogP contribution >= 0.6 is 0 Å². The van der Waals surface area contributed by atoms with E-state index in [0.29, 0.717) is 16.6 Å². The van der Waals surface area contributed by atoms with E-state index in [2.05, 4.69) is 20.6 Å². The summed E-state index contributed by atoms with van der Waals surface area (Å²) in [5.41, 5.74) is 1.79. The lowest BCUT2D eigenvalue weighted by atomic mass is 10.2. The Bertz CT molecular complexity index is 1160. The van der Waals surface area contributed by atoms with Crippen molar-refractivity contribution in [1.29, 1.82) is 0 Å². The molecule has 0 aliphatic heterocycles. The maximum absolute atomic E-state index is 12.4. The Labute approximate surface area is 148 Å². The Morgan fingerprint density at radius 2 is 1.77 bits per heavy atom. The summed E-state index contributed by atoms with van der Waals surface area (Å²) in [4.78, 5) is 29.0. The van der Waals surface area contributed by atoms with Gasteiger partial charge >= 0.3 is 0 Å². The minimum atomic E-state index is -0.252. The van der Waals surface area contributed by atoms with Crippen LogP contribution in [-0.2, 0) is 11.3 Å². The molecule has 0 atom stereocenters. The molecule has 0 unspecified atom stereocenters. The van der Waals surface area contributed by atoms with E-state index in [9.17, 15) is 9.59 Å². The number of hydrogen-bond acceptors (Lipinski definition) is 5. The van der Waals surface area contributed by atoms with Gasteiger partial charge in [0.1, 0.15) is 5.52 Å². The monoisotopic (exact) mass is 345 g/mol. The number of anilines is 1. The molecule has 2 aromatic heterocycles. The number of aryl methyl sites for hydroxylation is 1. The van der Waals surface area contributed by atoms with Crippen molar-refractivity contribution in [2.75, 3.05) is 5.32 Å². The van der Waals surface area contributed by atoms with Crippen molar-refractivity contribution in [3.63, 3.8) is 0 Å². The highest BCUT2D eigenvalue weighted by Crippen LogP contribution is 2.21. The molecular weight excluding hydrogens is 330 g/mol. The minimum absolute atomic E-state index is 0.115. The molecule has 0 aliphatic carbocycles. The molecule has 26 heavy (non-hydrogen) atoms. The van der Waals surface area contributed by atoms with Gasteiger partial charge in [0.15, 0.2) is 0 Å². The van der Waals surface area contributed by atoms with Crippen LogP contribution in [0.2, 0.25) is 0 Å². The smallest absolute Gasteiger partial charge is 0.277 e. The van der Waals surface area contributed by atoms with E-state index in [1.807, 2.05) is 30.3 Å². The molecule has 1 amide bonds. The largest absolute Gasteiger partial charge is 0.325 e. The van der Waals surface area contributed by atoms with Gasteiger partial charge in [-0.2, -0.15) is 0 Å². The molecule has 1 N–H and O–H groups in total. The Morgan fingerprint density at radius 3 is 2.69 bits per heavy atom. The predicted molar refractivity (Wildman–Crippen MR) is 98.8 cm³/mol. The van der Waals surface area contributed by atoms with Crippen LogP contribution in [0.3, 0.4) is 0 Å². The number of amides is 1. The highest BCUT2D eigenvalue weighted by Gasteiger charge is 2.09. The third-order valence-corrected chi connectivity index (χ3v) is 4.10. The fourth-order valence-corrected chi connectivity index (χ4v) is 2.80. The molecule has 0 fully saturated rings. The highest BCUT2D eigenvalue weighted by molar-refractivity contribution is 6.00. The molecule has 4 rings (SSSR count). The minimum Gasteiger partial charge on any atom is -0.325 e. The van der Waals surface area contributed by atoms with E-state index in [1.165, 1.54) is 4.68 Å². The maximum Gasteiger partial charge on any atom is 0.277 e. The third-order valence-electron chi connectivity index (χ3n) is 4.10. The number of benzene rings is 2. The van der Waals surface area contributed by atoms with Gasteiger partial charge in [0.05, 0.1) is 23.1 Å². The average molecular weight is 345 g/mol. The molecule has 0 aliphatic rings. The SMILES string of the molecule is O=C(CCn1nnc2ccccc2c1=O)Nc1cccc2ncccc12. The van der Waals surface area contributed by atoms with Gasteiger partial charge in [-0.3, -0.25) is 14.6 Å². The van der Waals surface area contributed by atoms with E-state index < -0.39 is 0 Å². The van der Waals surface area contributed by atoms with Crippen molar-refractivity contribution >= 4 is 33.4 Å². The van der Waals surface area contributed by atoms with Gasteiger partial charge < -0.3 is 5.32 Å². The summed E-state index contributed by atoms with van der Waals surface area (Å²) in [6.07, 6.45) is 1.82. The molecule has 0 spiro atoms. The van der Waals surface area contributed by atoms with Crippen LogP contribution in [0, 0.1) is 0 Å². The second-order valence-electron chi connectivity index (χ2n) is 5.81. The number of hydrogen-bond donors (Lipinski definition) is 1. The van der Waals surface area contributed by atoms with E-state index >= 15 is 0 Å². The third kappa shape index (κ3) is 3.02. The van der Waals surface area contributed by atoms with Crippen LogP contribution in [0.4, 0.5) is 5.69 Å². The summed E-state index contributed by atoms with van der Waals surface area (Å²) in [7, 11) is 0. The first-order chi connectivity index (χ1) is 12.7. The second-order valence-corrected chi connectivity index (χ2v) is 5.81. The number of nitrogens with zero attached hydrogens (tertiary/aromatic N) is 4. The van der Waals surface area contributed by atoms with E-state index in [-0.39, 0.29) is 24.4 Å². The maximum atomic E-state index is 12.4. The zero-order chi connectivity index (χ0) is 17.9. The summed E-state index contributed by atoms with van der Waals surface area (Å²) in [6, 6.07) is 16.3. The first-order valence-electron chi connectivity index (χ1n) is 8.18. The van der Waals surface area contributed by atoms with Crippen molar-refractivity contribution in [2.24, 2.45) is 0 Å². The molecule has 128 valence electrons. The van der Waals surface area contributed by atoms with E-state index in [1.54, 1.807) is 30.5 Å². The number of pyridine rings is 1. The van der Waals surface area contributed by atoms with Crippen LogP contribution in [0.5, 0.6) is 0 Å². The van der Waals surface area contributed by atoms with Crippen molar-refractivity contribution in [3.05, 3.63) is 71.1 Å². The normalized spacial score (nSPS) is 10.9. The van der Waals surface area contributed by atoms with Crippen LogP contribution in [0.25, 0.3) is 21.8 Å². The van der Waals surface area contributed by atoms with Crippen molar-refractivity contribution in [1.82, 2.24) is 20.0 Å². The van der Waals surface area contributed by atoms with Gasteiger partial charge in [0, 0.05) is 18.0 Å². The molecule has 7 nitrogen and oxygen atoms in total. The predicted octanol–water partition coefficient (Wildman–Crippen LogP) is 2.37. The lowest BCUT2D eigenvalue weighted by Gasteiger charge is -2.09. The van der Waals surface area contributed by atoms with Gasteiger partial charge in [-0.25, -0.2) is 4.68 Å². The molecule has 0 radical (unpaired) electrons. The topological polar surface area (TPSA) is 89.8 Å². The second kappa shape index (κ2) is 6.72. The van der Waals surface area contributed by atoms with E-state index in [0.717, 1.165) is 10.9 Å². The summed E-state index contributed by atoms with van der Waals surface area (Å²) in [5.74, 6) is -0.205. The Balaban J connectivity index is 1.51. The van der Waals surface area contributed by atoms with Crippen LogP contribution < -0.4 is 10.9 Å². The standard InChI is InChI=1S/C19H15N5O2/c25-18(21-16-9-3-8-15-13(16)6-4-11-20-15)10-12-24-19(26)14-5-1-2-7-17(14)22-23-24/h1-9,11H,10,12H2,(H,21,25). The molecule has 2 aromatic carbocycles. The summed E-state index contributed by atoms with van der Waals surface area (Å²) in [6.45, 7) is 0.158. The van der Waals surface area contributed by atoms with Gasteiger partial charge in [0.2, 0.25) is 5.91 Å². The summed E-state index contributed by atoms with van der Waals surface area (Å²) >= 11 is 0. The fraction of sp³-hybridized carbons (Fsp3) is 0.105. The summed E-state index contributed by atoms with van der Waals surface area (Å²) < 4.78 is 1.21. The fourth-order valence-electron chi connectivity index (χ4n) is 2.80. The van der Waals surface area contributed by atoms with Gasteiger partial charge in [-0.1, -0.05) is 23.4 Å². The van der Waals surface area contributed by atoms with Crippen molar-refractivity contribution in [3.8, 4) is 0 Å². The quantitative estimate of drug-likeness (QED) is 0.613. The number of carbonyl (C=O) groups excluding carboxylic acids is 1. The first-order valence-corrected chi connectivity index (χ1v) is 8.18. The Morgan fingerprint density at radius 1 is 0.962 bits per heavy atom. The summed E-state index contributed by atoms with van der Waals surface area (Å²) in [5, 5.41) is 12.1. The van der Waals surface area contributed by atoms with Crippen molar-refractivity contribution in [2.45, 2.75) is 13.0 Å². The van der Waals surface area contributed by atoms with Gasteiger partial charge in [-0.15, -0.1) is 5.10 Å². The zero-order valence-electron chi connectivity index (χ0n) is 13.8. The lowest BCUT2D eigenvalue weighted by molar-refractivity contribution is -0.116. The van der Waals surface area contributed by atoms with Crippen molar-refractivity contribution < 1.29 is 4.79 Å². The molecular formula is C19H15N5O2. The zero-order valence-corrected chi connectivity index (χ0v) is 13.8. The number of nitrogens with one attached hydrogen (secondary N) is 1. The number of carbonyl (C=O) groups is 1. The van der Waals surface area contributed by atoms with Crippen LogP contribution in [0.15, 0.2) is 65.6 Å². The molecule has 0 bridgehead atoms. The molecule has 2 heterocycles. The molecule has 7 heteroatoms. The lowest BCUT2D eigenvalue weighted by Crippen LogP contribution is -2.26.